The average molecular weight is 233 g/mol. The number of nitrogens with two attached hydrogens (primary N) is 1. The average Bonchev–Trinajstić information content (AvgIpc) is 2.67. The molecular weight excluding hydrogens is 214 g/mol. The Morgan fingerprint density at radius 2 is 2.24 bits per heavy atom. The minimum atomic E-state index is 0.765. The van der Waals surface area contributed by atoms with E-state index in [0.29, 0.717) is 0 Å². The van der Waals surface area contributed by atoms with E-state index in [1.807, 2.05) is 18.2 Å². The van der Waals surface area contributed by atoms with Crippen molar-refractivity contribution in [1.29, 1.82) is 0 Å². The Morgan fingerprint density at radius 3 is 2.94 bits per heavy atom. The predicted octanol–water partition coefficient (Wildman–Crippen LogP) is 2.22. The number of benzene rings is 1. The normalized spacial score (nSPS) is 11.2. The molecule has 0 bridgehead atoms. The Kier molecular flexibility index (Phi) is 3.64. The molecule has 1 aromatic carbocycles. The van der Waals surface area contributed by atoms with E-state index in [1.165, 1.54) is 0 Å². The van der Waals surface area contributed by atoms with Crippen molar-refractivity contribution in [3.05, 3.63) is 24.0 Å². The minimum absolute atomic E-state index is 0.765. The number of fused-ring (bicyclic) bond motifs is 1. The monoisotopic (exact) mass is 233 g/mol. The summed E-state index contributed by atoms with van der Waals surface area (Å²) in [6, 6.07) is 5.90. The van der Waals surface area contributed by atoms with Crippen LogP contribution < -0.4 is 5.73 Å². The van der Waals surface area contributed by atoms with Crippen molar-refractivity contribution in [3.8, 4) is 0 Å². The van der Waals surface area contributed by atoms with E-state index in [-0.39, 0.29) is 0 Å². The van der Waals surface area contributed by atoms with Gasteiger partial charge in [0.1, 0.15) is 5.82 Å². The van der Waals surface area contributed by atoms with Gasteiger partial charge in [-0.25, -0.2) is 4.98 Å². The summed E-state index contributed by atoms with van der Waals surface area (Å²) in [6.07, 6.45) is 1.93. The molecule has 0 saturated heterocycles. The molecule has 0 spiro atoms. The van der Waals surface area contributed by atoms with Crippen LogP contribution in [0.4, 0.5) is 5.69 Å². The van der Waals surface area contributed by atoms with E-state index in [4.69, 9.17) is 10.5 Å². The molecule has 92 valence electrons. The lowest BCUT2D eigenvalue weighted by molar-refractivity contribution is 0.190. The molecule has 0 fully saturated rings. The van der Waals surface area contributed by atoms with Gasteiger partial charge in [-0.2, -0.15) is 0 Å². The van der Waals surface area contributed by atoms with E-state index in [1.54, 1.807) is 7.11 Å². The van der Waals surface area contributed by atoms with Gasteiger partial charge in [0.2, 0.25) is 0 Å². The molecule has 0 saturated carbocycles. The Bertz CT molecular complexity index is 505. The molecule has 0 aliphatic heterocycles. The molecule has 2 rings (SSSR count). The second-order valence-corrected chi connectivity index (χ2v) is 4.13. The number of aryl methyl sites for hydroxylation is 2. The molecule has 1 heterocycles. The van der Waals surface area contributed by atoms with Crippen molar-refractivity contribution in [2.24, 2.45) is 0 Å². The van der Waals surface area contributed by atoms with Gasteiger partial charge in [-0.15, -0.1) is 0 Å². The van der Waals surface area contributed by atoms with Gasteiger partial charge in [0.15, 0.2) is 0 Å². The molecule has 0 aliphatic rings. The van der Waals surface area contributed by atoms with Gasteiger partial charge in [0, 0.05) is 32.4 Å². The van der Waals surface area contributed by atoms with Crippen LogP contribution in [-0.2, 0) is 17.7 Å². The number of imidazole rings is 1. The molecule has 0 unspecified atom stereocenters. The van der Waals surface area contributed by atoms with Crippen LogP contribution in [0.1, 0.15) is 19.2 Å². The third-order valence-electron chi connectivity index (χ3n) is 2.90. The summed E-state index contributed by atoms with van der Waals surface area (Å²) >= 11 is 0. The van der Waals surface area contributed by atoms with Gasteiger partial charge < -0.3 is 15.0 Å². The van der Waals surface area contributed by atoms with Crippen molar-refractivity contribution in [1.82, 2.24) is 9.55 Å². The highest BCUT2D eigenvalue weighted by atomic mass is 16.5. The molecular formula is C13H19N3O. The smallest absolute Gasteiger partial charge is 0.109 e. The standard InChI is InChI=1S/C13H19N3O/c1-3-13-15-11-9-10(14)5-6-12(11)16(13)7-4-8-17-2/h5-6,9H,3-4,7-8,14H2,1-2H3. The van der Waals surface area contributed by atoms with Crippen molar-refractivity contribution < 1.29 is 4.74 Å². The van der Waals surface area contributed by atoms with Crippen LogP contribution in [0.5, 0.6) is 0 Å². The molecule has 2 N–H and O–H groups in total. The molecule has 17 heavy (non-hydrogen) atoms. The van der Waals surface area contributed by atoms with Crippen LogP contribution in [0.3, 0.4) is 0 Å². The summed E-state index contributed by atoms with van der Waals surface area (Å²) in [4.78, 5) is 4.61. The number of nitrogens with zero attached hydrogens (tertiary/aromatic N) is 2. The maximum Gasteiger partial charge on any atom is 0.109 e. The van der Waals surface area contributed by atoms with E-state index in [9.17, 15) is 0 Å². The molecule has 0 radical (unpaired) electrons. The van der Waals surface area contributed by atoms with Crippen LogP contribution >= 0.6 is 0 Å². The first-order valence-electron chi connectivity index (χ1n) is 5.99. The summed E-state index contributed by atoms with van der Waals surface area (Å²) in [5, 5.41) is 0. The number of methoxy groups -OCH3 is 1. The van der Waals surface area contributed by atoms with Crippen molar-refractivity contribution in [3.63, 3.8) is 0 Å². The topological polar surface area (TPSA) is 53.1 Å². The van der Waals surface area contributed by atoms with E-state index in [0.717, 1.165) is 48.5 Å². The number of hydrogen-bond acceptors (Lipinski definition) is 3. The van der Waals surface area contributed by atoms with E-state index in [2.05, 4.69) is 16.5 Å². The summed E-state index contributed by atoms with van der Waals surface area (Å²) in [7, 11) is 1.73. The van der Waals surface area contributed by atoms with Crippen LogP contribution in [0.2, 0.25) is 0 Å². The van der Waals surface area contributed by atoms with E-state index < -0.39 is 0 Å². The fraction of sp³-hybridized carbons (Fsp3) is 0.462. The van der Waals surface area contributed by atoms with Crippen molar-refractivity contribution in [2.75, 3.05) is 19.5 Å². The number of ether oxygens (including phenoxy) is 1. The summed E-state index contributed by atoms with van der Waals surface area (Å²) < 4.78 is 7.35. The summed E-state index contributed by atoms with van der Waals surface area (Å²) in [5.74, 6) is 1.11. The van der Waals surface area contributed by atoms with Gasteiger partial charge in [-0.05, 0) is 24.6 Å². The lowest BCUT2D eigenvalue weighted by Crippen LogP contribution is -2.05. The SMILES string of the molecule is CCc1nc2cc(N)ccc2n1CCCOC. The first-order valence-corrected chi connectivity index (χ1v) is 5.99. The Hall–Kier alpha value is -1.55. The molecule has 0 atom stereocenters. The quantitative estimate of drug-likeness (QED) is 0.636. The van der Waals surface area contributed by atoms with Crippen molar-refractivity contribution >= 4 is 16.7 Å². The van der Waals surface area contributed by atoms with E-state index >= 15 is 0 Å². The highest BCUT2D eigenvalue weighted by Gasteiger charge is 2.08. The number of rotatable bonds is 5. The Morgan fingerprint density at radius 1 is 1.41 bits per heavy atom. The lowest BCUT2D eigenvalue weighted by Gasteiger charge is -2.07. The van der Waals surface area contributed by atoms with Gasteiger partial charge in [0.05, 0.1) is 11.0 Å². The second-order valence-electron chi connectivity index (χ2n) is 4.13. The van der Waals surface area contributed by atoms with Gasteiger partial charge in [-0.3, -0.25) is 0 Å². The largest absolute Gasteiger partial charge is 0.399 e. The fourth-order valence-corrected chi connectivity index (χ4v) is 2.08. The fourth-order valence-electron chi connectivity index (χ4n) is 2.08. The van der Waals surface area contributed by atoms with Crippen molar-refractivity contribution in [2.45, 2.75) is 26.3 Å². The molecule has 0 aliphatic carbocycles. The molecule has 2 aromatic rings. The maximum absolute atomic E-state index is 5.78. The maximum atomic E-state index is 5.78. The third kappa shape index (κ3) is 2.42. The zero-order chi connectivity index (χ0) is 12.3. The van der Waals surface area contributed by atoms with Crippen LogP contribution in [0.25, 0.3) is 11.0 Å². The predicted molar refractivity (Wildman–Crippen MR) is 70.0 cm³/mol. The van der Waals surface area contributed by atoms with Crippen LogP contribution in [0, 0.1) is 0 Å². The molecule has 4 nitrogen and oxygen atoms in total. The number of nitrogen functional groups attached to an aromatic ring is 1. The summed E-state index contributed by atoms with van der Waals surface area (Å²) in [5.41, 5.74) is 8.69. The van der Waals surface area contributed by atoms with Gasteiger partial charge >= 0.3 is 0 Å². The highest BCUT2D eigenvalue weighted by Crippen LogP contribution is 2.19. The molecule has 1 aromatic heterocycles. The Balaban J connectivity index is 2.36. The molecule has 4 heteroatoms. The number of hydrogen-bond donors (Lipinski definition) is 1. The summed E-state index contributed by atoms with van der Waals surface area (Å²) in [6.45, 7) is 3.84. The molecule has 0 amide bonds. The highest BCUT2D eigenvalue weighted by molar-refractivity contribution is 5.79. The van der Waals surface area contributed by atoms with Crippen LogP contribution in [0.15, 0.2) is 18.2 Å². The minimum Gasteiger partial charge on any atom is -0.399 e. The number of aromatic nitrogens is 2. The second kappa shape index (κ2) is 5.19. The zero-order valence-corrected chi connectivity index (χ0v) is 10.4. The first kappa shape index (κ1) is 11.9. The third-order valence-corrected chi connectivity index (χ3v) is 2.90. The Labute approximate surface area is 101 Å². The van der Waals surface area contributed by atoms with Gasteiger partial charge in [0.25, 0.3) is 0 Å². The zero-order valence-electron chi connectivity index (χ0n) is 10.4. The lowest BCUT2D eigenvalue weighted by atomic mass is 10.3. The number of anilines is 1. The first-order chi connectivity index (χ1) is 8.26. The van der Waals surface area contributed by atoms with Crippen LogP contribution in [-0.4, -0.2) is 23.3 Å². The van der Waals surface area contributed by atoms with Gasteiger partial charge in [-0.1, -0.05) is 6.92 Å².